The minimum Gasteiger partial charge on any atom is -0.542 e. The van der Waals surface area contributed by atoms with E-state index in [0.29, 0.717) is 0 Å². The molecule has 0 aliphatic rings. The van der Waals surface area contributed by atoms with Gasteiger partial charge in [0, 0.05) is 0 Å². The van der Waals surface area contributed by atoms with Gasteiger partial charge in [-0.3, -0.25) is 4.79 Å². The van der Waals surface area contributed by atoms with Crippen molar-refractivity contribution in [1.29, 1.82) is 0 Å². The summed E-state index contributed by atoms with van der Waals surface area (Å²) in [5.74, 6) is -1.68. The minimum absolute atomic E-state index is 0. The van der Waals surface area contributed by atoms with Crippen molar-refractivity contribution < 1.29 is 33.6 Å². The number of hydrogen-bond acceptors (Lipinski definition) is 3. The third-order valence-corrected chi connectivity index (χ3v) is 0.0962. The molecule has 0 N–H and O–H groups in total. The fourth-order valence-electron chi connectivity index (χ4n) is 0. The van der Waals surface area contributed by atoms with E-state index in [4.69, 9.17) is 14.7 Å². The van der Waals surface area contributed by atoms with Crippen molar-refractivity contribution in [2.75, 3.05) is 0 Å². The molecule has 0 aliphatic heterocycles. The molecule has 0 amide bonds. The second-order valence-corrected chi connectivity index (χ2v) is 0.437. The molecule has 0 saturated carbocycles. The Labute approximate surface area is 46.5 Å². The fourth-order valence-corrected chi connectivity index (χ4v) is 0. The van der Waals surface area contributed by atoms with Gasteiger partial charge in [0.05, 0.1) is 0 Å². The van der Waals surface area contributed by atoms with Crippen LogP contribution in [0.1, 0.15) is 0 Å². The van der Waals surface area contributed by atoms with Crippen molar-refractivity contribution in [2.45, 2.75) is 0 Å². The quantitative estimate of drug-likeness (QED) is 0.180. The molecule has 0 fully saturated rings. The Kier molecular flexibility index (Phi) is 7.28. The predicted octanol–water partition coefficient (Wildman–Crippen LogP) is -5.06. The van der Waals surface area contributed by atoms with Crippen LogP contribution in [0.2, 0.25) is 0 Å². The first-order valence-electron chi connectivity index (χ1n) is 0.933. The molecule has 0 aromatic rings. The van der Waals surface area contributed by atoms with Gasteiger partial charge in [0.1, 0.15) is 5.97 Å². The molecular weight excluding hydrogens is 79.0 g/mol. The van der Waals surface area contributed by atoms with Crippen molar-refractivity contribution in [2.24, 2.45) is 0 Å². The van der Waals surface area contributed by atoms with Crippen LogP contribution >= 0.6 is 0 Å². The summed E-state index contributed by atoms with van der Waals surface area (Å²) in [6.07, 6.45) is -0.278. The molecule has 0 rings (SSSR count). The second kappa shape index (κ2) is 4.74. The summed E-state index contributed by atoms with van der Waals surface area (Å²) in [5.41, 5.74) is 0. The van der Waals surface area contributed by atoms with Gasteiger partial charge in [0.25, 0.3) is 0 Å². The van der Waals surface area contributed by atoms with Crippen LogP contribution in [0.4, 0.5) is 0 Å². The zero-order chi connectivity index (χ0) is 4.28. The van der Waals surface area contributed by atoms with Gasteiger partial charge in [-0.05, 0) is 0 Å². The first kappa shape index (κ1) is 9.22. The standard InChI is InChI=1S/C2H2O3.Li/c3-1-2(4)5;/h1H,(H,4,5);/q;+1/p-1. The van der Waals surface area contributed by atoms with Crippen molar-refractivity contribution in [3.05, 3.63) is 0 Å². The maximum atomic E-state index is 8.89. The Bertz CT molecular complexity index is 59.8. The summed E-state index contributed by atoms with van der Waals surface area (Å²) in [7, 11) is 0. The first-order valence-corrected chi connectivity index (χ1v) is 0.933. The van der Waals surface area contributed by atoms with Crippen LogP contribution in [0.5, 0.6) is 0 Å². The van der Waals surface area contributed by atoms with E-state index in [0.717, 1.165) is 0 Å². The fraction of sp³-hybridized carbons (Fsp3) is 0. The zero-order valence-electron chi connectivity index (χ0n) is 3.30. The van der Waals surface area contributed by atoms with Gasteiger partial charge in [-0.2, -0.15) is 0 Å². The molecule has 3 nitrogen and oxygen atoms in total. The maximum absolute atomic E-state index is 8.89. The molecule has 0 spiro atoms. The van der Waals surface area contributed by atoms with Gasteiger partial charge in [0.15, 0.2) is 6.29 Å². The summed E-state index contributed by atoms with van der Waals surface area (Å²) < 4.78 is 0. The van der Waals surface area contributed by atoms with E-state index in [2.05, 4.69) is 0 Å². The molecule has 0 radical (unpaired) electrons. The largest absolute Gasteiger partial charge is 1.00 e. The Morgan fingerprint density at radius 1 is 1.67 bits per heavy atom. The summed E-state index contributed by atoms with van der Waals surface area (Å²) in [6.45, 7) is 0. The molecule has 0 aliphatic carbocycles. The molecule has 28 valence electrons. The molecule has 0 atom stereocenters. The third-order valence-electron chi connectivity index (χ3n) is 0.0962. The van der Waals surface area contributed by atoms with E-state index >= 15 is 0 Å². The Balaban J connectivity index is 0. The summed E-state index contributed by atoms with van der Waals surface area (Å²) >= 11 is 0. The van der Waals surface area contributed by atoms with E-state index in [9.17, 15) is 0 Å². The van der Waals surface area contributed by atoms with Crippen molar-refractivity contribution >= 4 is 12.3 Å². The average Bonchev–Trinajstić information content (AvgIpc) is 1.38. The molecule has 0 aromatic carbocycles. The Hall–Kier alpha value is -0.263. The van der Waals surface area contributed by atoms with Gasteiger partial charge >= 0.3 is 18.9 Å². The van der Waals surface area contributed by atoms with Crippen LogP contribution < -0.4 is 24.0 Å². The number of rotatable bonds is 1. The van der Waals surface area contributed by atoms with Crippen LogP contribution in [0, 0.1) is 0 Å². The number of carbonyl (C=O) groups is 2. The molecule has 4 heteroatoms. The van der Waals surface area contributed by atoms with E-state index in [1.54, 1.807) is 0 Å². The molecule has 0 heterocycles. The Morgan fingerprint density at radius 2 is 1.83 bits per heavy atom. The minimum atomic E-state index is -1.68. The van der Waals surface area contributed by atoms with Crippen LogP contribution in [-0.2, 0) is 9.59 Å². The van der Waals surface area contributed by atoms with E-state index in [-0.39, 0.29) is 25.1 Å². The van der Waals surface area contributed by atoms with E-state index < -0.39 is 5.97 Å². The van der Waals surface area contributed by atoms with Crippen LogP contribution in [0.25, 0.3) is 0 Å². The van der Waals surface area contributed by atoms with Gasteiger partial charge in [-0.15, -0.1) is 0 Å². The second-order valence-electron chi connectivity index (χ2n) is 0.437. The number of carbonyl (C=O) groups excluding carboxylic acids is 2. The topological polar surface area (TPSA) is 57.2 Å². The van der Waals surface area contributed by atoms with Gasteiger partial charge in [0.2, 0.25) is 0 Å². The van der Waals surface area contributed by atoms with Gasteiger partial charge in [-0.1, -0.05) is 0 Å². The molecule has 0 unspecified atom stereocenters. The van der Waals surface area contributed by atoms with Crippen LogP contribution in [0.3, 0.4) is 0 Å². The summed E-state index contributed by atoms with van der Waals surface area (Å²) in [4.78, 5) is 17.7. The molecule has 0 saturated heterocycles. The van der Waals surface area contributed by atoms with Crippen molar-refractivity contribution in [3.63, 3.8) is 0 Å². The van der Waals surface area contributed by atoms with E-state index in [1.807, 2.05) is 0 Å². The first-order chi connectivity index (χ1) is 2.27. The number of aliphatic carboxylic acids is 1. The smallest absolute Gasteiger partial charge is 0.542 e. The van der Waals surface area contributed by atoms with Gasteiger partial charge in [-0.25, -0.2) is 0 Å². The van der Waals surface area contributed by atoms with Crippen LogP contribution in [0.15, 0.2) is 0 Å². The molecular formula is C2HLiO3. The SMILES string of the molecule is O=CC(=O)[O-].[Li+]. The van der Waals surface area contributed by atoms with Crippen LogP contribution in [-0.4, -0.2) is 12.3 Å². The monoisotopic (exact) mass is 80.0 g/mol. The number of carboxylic acid groups (broad SMARTS) is 1. The predicted molar refractivity (Wildman–Crippen MR) is 11.1 cm³/mol. The van der Waals surface area contributed by atoms with Crippen molar-refractivity contribution in [3.8, 4) is 0 Å². The molecule has 6 heavy (non-hydrogen) atoms. The maximum Gasteiger partial charge on any atom is 1.00 e. The number of aldehydes is 1. The Morgan fingerprint density at radius 3 is 1.83 bits per heavy atom. The van der Waals surface area contributed by atoms with Gasteiger partial charge < -0.3 is 9.90 Å². The zero-order valence-corrected chi connectivity index (χ0v) is 3.30. The summed E-state index contributed by atoms with van der Waals surface area (Å²) in [5, 5.41) is 8.89. The number of hydrogen-bond donors (Lipinski definition) is 0. The average molecular weight is 80.0 g/mol. The normalized spacial score (nSPS) is 5.33. The third kappa shape index (κ3) is 9.28. The molecule has 0 aromatic heterocycles. The molecule has 0 bridgehead atoms. The van der Waals surface area contributed by atoms with Crippen molar-refractivity contribution in [1.82, 2.24) is 0 Å². The summed E-state index contributed by atoms with van der Waals surface area (Å²) in [6, 6.07) is 0. The number of carboxylic acids is 1. The van der Waals surface area contributed by atoms with E-state index in [1.165, 1.54) is 0 Å².